The third-order valence-electron chi connectivity index (χ3n) is 4.26. The summed E-state index contributed by atoms with van der Waals surface area (Å²) in [5, 5.41) is 0. The first-order chi connectivity index (χ1) is 9.00. The fourth-order valence-electron chi connectivity index (χ4n) is 2.95. The SMILES string of the molecule is CC1CCN(C(=O)[C@@H]2CCCN2C(=O)N(C)C)CC1. The third kappa shape index (κ3) is 3.01. The number of rotatable bonds is 1. The zero-order chi connectivity index (χ0) is 14.0. The van der Waals surface area contributed by atoms with E-state index in [1.165, 1.54) is 0 Å². The third-order valence-corrected chi connectivity index (χ3v) is 4.26. The summed E-state index contributed by atoms with van der Waals surface area (Å²) in [7, 11) is 3.48. The zero-order valence-corrected chi connectivity index (χ0v) is 12.3. The highest BCUT2D eigenvalue weighted by molar-refractivity contribution is 5.87. The second kappa shape index (κ2) is 5.80. The normalized spacial score (nSPS) is 24.7. The van der Waals surface area contributed by atoms with Crippen LogP contribution in [0.1, 0.15) is 32.6 Å². The Morgan fingerprint density at radius 3 is 2.26 bits per heavy atom. The van der Waals surface area contributed by atoms with Crippen molar-refractivity contribution in [3.63, 3.8) is 0 Å². The molecule has 0 aromatic rings. The van der Waals surface area contributed by atoms with Crippen LogP contribution in [0.25, 0.3) is 0 Å². The van der Waals surface area contributed by atoms with Crippen LogP contribution in [0.5, 0.6) is 0 Å². The minimum Gasteiger partial charge on any atom is -0.341 e. The predicted molar refractivity (Wildman–Crippen MR) is 73.8 cm³/mol. The Balaban J connectivity index is 1.99. The van der Waals surface area contributed by atoms with E-state index >= 15 is 0 Å². The Hall–Kier alpha value is -1.26. The number of nitrogens with zero attached hydrogens (tertiary/aromatic N) is 3. The number of urea groups is 1. The summed E-state index contributed by atoms with van der Waals surface area (Å²) in [5.74, 6) is 0.867. The number of hydrogen-bond acceptors (Lipinski definition) is 2. The van der Waals surface area contributed by atoms with Crippen LogP contribution in [-0.4, -0.2) is 66.4 Å². The lowest BCUT2D eigenvalue weighted by Gasteiger charge is -2.35. The van der Waals surface area contributed by atoms with Gasteiger partial charge in [0.05, 0.1) is 0 Å². The zero-order valence-electron chi connectivity index (χ0n) is 12.3. The molecule has 2 fully saturated rings. The first kappa shape index (κ1) is 14.2. The van der Waals surface area contributed by atoms with Crippen molar-refractivity contribution in [2.45, 2.75) is 38.6 Å². The highest BCUT2D eigenvalue weighted by Gasteiger charge is 2.37. The predicted octanol–water partition coefficient (Wildman–Crippen LogP) is 1.39. The molecule has 2 aliphatic rings. The standard InChI is InChI=1S/C14H25N3O2/c1-11-6-9-16(10-7-11)13(18)12-5-4-8-17(12)14(19)15(2)3/h11-12H,4-10H2,1-3H3/t12-/m0/s1. The van der Waals surface area contributed by atoms with Crippen molar-refractivity contribution < 1.29 is 9.59 Å². The van der Waals surface area contributed by atoms with Crippen LogP contribution >= 0.6 is 0 Å². The highest BCUT2D eigenvalue weighted by Crippen LogP contribution is 2.23. The van der Waals surface area contributed by atoms with E-state index in [0.29, 0.717) is 12.5 Å². The molecule has 0 bridgehead atoms. The molecule has 2 rings (SSSR count). The van der Waals surface area contributed by atoms with E-state index in [2.05, 4.69) is 6.92 Å². The smallest absolute Gasteiger partial charge is 0.320 e. The molecule has 0 N–H and O–H groups in total. The molecule has 108 valence electrons. The van der Waals surface area contributed by atoms with Crippen molar-refractivity contribution in [2.24, 2.45) is 5.92 Å². The van der Waals surface area contributed by atoms with Gasteiger partial charge < -0.3 is 14.7 Å². The molecule has 0 aromatic carbocycles. The van der Waals surface area contributed by atoms with Gasteiger partial charge in [0.1, 0.15) is 6.04 Å². The number of hydrogen-bond donors (Lipinski definition) is 0. The molecule has 2 aliphatic heterocycles. The van der Waals surface area contributed by atoms with Crippen molar-refractivity contribution in [2.75, 3.05) is 33.7 Å². The van der Waals surface area contributed by atoms with E-state index in [0.717, 1.165) is 38.8 Å². The van der Waals surface area contributed by atoms with Gasteiger partial charge in [-0.25, -0.2) is 4.79 Å². The van der Waals surface area contributed by atoms with E-state index in [1.807, 2.05) is 4.90 Å². The maximum Gasteiger partial charge on any atom is 0.320 e. The van der Waals surface area contributed by atoms with Crippen molar-refractivity contribution >= 4 is 11.9 Å². The molecule has 19 heavy (non-hydrogen) atoms. The van der Waals surface area contributed by atoms with Gasteiger partial charge in [-0.1, -0.05) is 6.92 Å². The summed E-state index contributed by atoms with van der Waals surface area (Å²) in [6.07, 6.45) is 3.91. The van der Waals surface area contributed by atoms with E-state index in [-0.39, 0.29) is 18.0 Å². The topological polar surface area (TPSA) is 43.9 Å². The summed E-state index contributed by atoms with van der Waals surface area (Å²) < 4.78 is 0. The molecule has 1 atom stereocenters. The Labute approximate surface area is 115 Å². The molecule has 0 aromatic heterocycles. The van der Waals surface area contributed by atoms with Crippen LogP contribution in [0.15, 0.2) is 0 Å². The average Bonchev–Trinajstić information content (AvgIpc) is 2.86. The van der Waals surface area contributed by atoms with Crippen LogP contribution < -0.4 is 0 Å². The lowest BCUT2D eigenvalue weighted by molar-refractivity contribution is -0.136. The molecule has 3 amide bonds. The van der Waals surface area contributed by atoms with Gasteiger partial charge in [-0.15, -0.1) is 0 Å². The van der Waals surface area contributed by atoms with Gasteiger partial charge in [0.15, 0.2) is 0 Å². The second-order valence-corrected chi connectivity index (χ2v) is 6.04. The van der Waals surface area contributed by atoms with Crippen molar-refractivity contribution in [3.05, 3.63) is 0 Å². The van der Waals surface area contributed by atoms with Gasteiger partial charge in [-0.05, 0) is 31.6 Å². The van der Waals surface area contributed by atoms with Gasteiger partial charge in [-0.3, -0.25) is 4.79 Å². The van der Waals surface area contributed by atoms with Crippen molar-refractivity contribution in [1.29, 1.82) is 0 Å². The van der Waals surface area contributed by atoms with E-state index in [4.69, 9.17) is 0 Å². The number of carbonyl (C=O) groups is 2. The maximum absolute atomic E-state index is 12.6. The lowest BCUT2D eigenvalue weighted by atomic mass is 9.98. The van der Waals surface area contributed by atoms with Gasteiger partial charge in [0.25, 0.3) is 0 Å². The van der Waals surface area contributed by atoms with Crippen LogP contribution in [0, 0.1) is 5.92 Å². The molecule has 5 nitrogen and oxygen atoms in total. The van der Waals surface area contributed by atoms with Crippen LogP contribution in [0.4, 0.5) is 4.79 Å². The molecule has 0 saturated carbocycles. The fourth-order valence-corrected chi connectivity index (χ4v) is 2.95. The molecule has 0 aliphatic carbocycles. The molecule has 5 heteroatoms. The summed E-state index contributed by atoms with van der Waals surface area (Å²) >= 11 is 0. The first-order valence-electron chi connectivity index (χ1n) is 7.27. The molecular formula is C14H25N3O2. The summed E-state index contributed by atoms with van der Waals surface area (Å²) in [5.41, 5.74) is 0. The number of amides is 3. The van der Waals surface area contributed by atoms with Crippen LogP contribution in [-0.2, 0) is 4.79 Å². The number of carbonyl (C=O) groups excluding carboxylic acids is 2. The van der Waals surface area contributed by atoms with Crippen molar-refractivity contribution in [1.82, 2.24) is 14.7 Å². The quantitative estimate of drug-likeness (QED) is 0.720. The molecular weight excluding hydrogens is 242 g/mol. The van der Waals surface area contributed by atoms with Gasteiger partial charge in [0.2, 0.25) is 5.91 Å². The largest absolute Gasteiger partial charge is 0.341 e. The molecule has 2 saturated heterocycles. The highest BCUT2D eigenvalue weighted by atomic mass is 16.2. The molecule has 0 radical (unpaired) electrons. The molecule has 0 unspecified atom stereocenters. The Kier molecular flexibility index (Phi) is 4.32. The first-order valence-corrected chi connectivity index (χ1v) is 7.27. The number of likely N-dealkylation sites (tertiary alicyclic amines) is 2. The minimum atomic E-state index is -0.233. The van der Waals surface area contributed by atoms with E-state index in [1.54, 1.807) is 23.9 Å². The minimum absolute atomic E-state index is 0.0405. The summed E-state index contributed by atoms with van der Waals surface area (Å²) in [6, 6.07) is -0.274. The summed E-state index contributed by atoms with van der Waals surface area (Å²) in [4.78, 5) is 29.9. The van der Waals surface area contributed by atoms with Gasteiger partial charge in [0, 0.05) is 33.7 Å². The fraction of sp³-hybridized carbons (Fsp3) is 0.857. The number of piperidine rings is 1. The Morgan fingerprint density at radius 2 is 1.68 bits per heavy atom. The van der Waals surface area contributed by atoms with Crippen LogP contribution in [0.3, 0.4) is 0 Å². The monoisotopic (exact) mass is 267 g/mol. The maximum atomic E-state index is 12.6. The lowest BCUT2D eigenvalue weighted by Crippen LogP contribution is -2.51. The second-order valence-electron chi connectivity index (χ2n) is 6.04. The Morgan fingerprint density at radius 1 is 1.05 bits per heavy atom. The van der Waals surface area contributed by atoms with Crippen molar-refractivity contribution in [3.8, 4) is 0 Å². The average molecular weight is 267 g/mol. The van der Waals surface area contributed by atoms with Crippen LogP contribution in [0.2, 0.25) is 0 Å². The van der Waals surface area contributed by atoms with Gasteiger partial charge in [-0.2, -0.15) is 0 Å². The van der Waals surface area contributed by atoms with E-state index in [9.17, 15) is 9.59 Å². The summed E-state index contributed by atoms with van der Waals surface area (Å²) in [6.45, 7) is 4.64. The molecule has 0 spiro atoms. The Bertz CT molecular complexity index is 349. The van der Waals surface area contributed by atoms with E-state index < -0.39 is 0 Å². The molecule has 2 heterocycles. The van der Waals surface area contributed by atoms with Gasteiger partial charge >= 0.3 is 6.03 Å².